The minimum absolute atomic E-state index is 0.0435. The van der Waals surface area contributed by atoms with E-state index in [0.717, 1.165) is 4.57 Å². The summed E-state index contributed by atoms with van der Waals surface area (Å²) >= 11 is 0. The zero-order valence-electron chi connectivity index (χ0n) is 13.3. The standard InChI is InChI=1S/C14H19N5O4/c1-4-9(21)5-18-12(22)10-11(17(3)13(18)23)16-8-19(10)14(2,6-15)7-20/h7-8H,4-6,15H2,1-3H3/t14-/m0/s1. The number of Topliss-reactive ketones (excluding diaryl/α,β-unsaturated/α-hetero) is 1. The minimum Gasteiger partial charge on any atom is -0.328 e. The fourth-order valence-electron chi connectivity index (χ4n) is 2.29. The Kier molecular flexibility index (Phi) is 4.33. The molecular formula is C14H19N5O4. The van der Waals surface area contributed by atoms with E-state index in [0.29, 0.717) is 6.29 Å². The zero-order valence-corrected chi connectivity index (χ0v) is 13.3. The van der Waals surface area contributed by atoms with Crippen molar-refractivity contribution < 1.29 is 9.59 Å². The molecule has 9 heteroatoms. The number of nitrogens with zero attached hydrogens (tertiary/aromatic N) is 4. The van der Waals surface area contributed by atoms with Gasteiger partial charge in [-0.25, -0.2) is 9.78 Å². The van der Waals surface area contributed by atoms with Crippen molar-refractivity contribution in [1.82, 2.24) is 18.7 Å². The number of fused-ring (bicyclic) bond motifs is 1. The molecule has 0 saturated carbocycles. The van der Waals surface area contributed by atoms with Gasteiger partial charge in [-0.1, -0.05) is 6.92 Å². The highest BCUT2D eigenvalue weighted by Crippen LogP contribution is 2.16. The first kappa shape index (κ1) is 16.8. The van der Waals surface area contributed by atoms with Crippen LogP contribution in [0.15, 0.2) is 15.9 Å². The summed E-state index contributed by atoms with van der Waals surface area (Å²) in [4.78, 5) is 52.1. The first-order valence-electron chi connectivity index (χ1n) is 7.16. The van der Waals surface area contributed by atoms with Crippen LogP contribution in [0.25, 0.3) is 11.2 Å². The quantitative estimate of drug-likeness (QED) is 0.663. The smallest absolute Gasteiger partial charge is 0.328 e. The normalized spacial score (nSPS) is 13.9. The average molecular weight is 321 g/mol. The van der Waals surface area contributed by atoms with Gasteiger partial charge >= 0.3 is 5.69 Å². The van der Waals surface area contributed by atoms with Crippen molar-refractivity contribution in [3.8, 4) is 0 Å². The first-order valence-corrected chi connectivity index (χ1v) is 7.16. The predicted molar refractivity (Wildman–Crippen MR) is 83.3 cm³/mol. The van der Waals surface area contributed by atoms with Crippen LogP contribution in [0.2, 0.25) is 0 Å². The van der Waals surface area contributed by atoms with Gasteiger partial charge in [-0.15, -0.1) is 0 Å². The van der Waals surface area contributed by atoms with Gasteiger partial charge < -0.3 is 15.1 Å². The highest BCUT2D eigenvalue weighted by Gasteiger charge is 2.29. The Morgan fingerprint density at radius 3 is 2.61 bits per heavy atom. The highest BCUT2D eigenvalue weighted by molar-refractivity contribution is 5.78. The molecule has 0 fully saturated rings. The Morgan fingerprint density at radius 2 is 2.09 bits per heavy atom. The summed E-state index contributed by atoms with van der Waals surface area (Å²) in [6.07, 6.45) is 2.14. The SMILES string of the molecule is CCC(=O)Cn1c(=O)c2c(ncn2[C@](C)(C=O)CN)n(C)c1=O. The summed E-state index contributed by atoms with van der Waals surface area (Å²) in [6, 6.07) is 0. The Hall–Kier alpha value is -2.55. The van der Waals surface area contributed by atoms with Crippen LogP contribution in [0.5, 0.6) is 0 Å². The molecule has 0 amide bonds. The molecule has 23 heavy (non-hydrogen) atoms. The maximum Gasteiger partial charge on any atom is 0.332 e. The summed E-state index contributed by atoms with van der Waals surface area (Å²) in [5.41, 5.74) is 3.39. The van der Waals surface area contributed by atoms with E-state index in [4.69, 9.17) is 5.73 Å². The molecule has 0 aromatic carbocycles. The summed E-state index contributed by atoms with van der Waals surface area (Å²) in [5.74, 6) is -0.244. The minimum atomic E-state index is -1.17. The first-order chi connectivity index (χ1) is 10.8. The van der Waals surface area contributed by atoms with Crippen molar-refractivity contribution in [3.05, 3.63) is 27.2 Å². The molecule has 2 N–H and O–H groups in total. The van der Waals surface area contributed by atoms with Gasteiger partial charge in [-0.3, -0.25) is 18.7 Å². The lowest BCUT2D eigenvalue weighted by molar-refractivity contribution is -0.119. The fourth-order valence-corrected chi connectivity index (χ4v) is 2.29. The second-order valence-electron chi connectivity index (χ2n) is 5.59. The average Bonchev–Trinajstić information content (AvgIpc) is 3.01. The van der Waals surface area contributed by atoms with Crippen LogP contribution in [0.4, 0.5) is 0 Å². The molecule has 0 aliphatic rings. The van der Waals surface area contributed by atoms with Gasteiger partial charge in [0, 0.05) is 20.0 Å². The molecule has 0 aliphatic heterocycles. The molecule has 0 aliphatic carbocycles. The van der Waals surface area contributed by atoms with Gasteiger partial charge in [0.2, 0.25) is 0 Å². The van der Waals surface area contributed by atoms with E-state index >= 15 is 0 Å². The third-order valence-electron chi connectivity index (χ3n) is 3.98. The van der Waals surface area contributed by atoms with Gasteiger partial charge in [0.15, 0.2) is 16.9 Å². The third-order valence-corrected chi connectivity index (χ3v) is 3.98. The Balaban J connectivity index is 2.88. The number of ketones is 1. The Labute approximate surface area is 131 Å². The van der Waals surface area contributed by atoms with Crippen molar-refractivity contribution in [2.75, 3.05) is 6.54 Å². The molecule has 0 saturated heterocycles. The molecule has 9 nitrogen and oxygen atoms in total. The van der Waals surface area contributed by atoms with Crippen molar-refractivity contribution in [2.45, 2.75) is 32.4 Å². The van der Waals surface area contributed by atoms with Crippen LogP contribution in [0.3, 0.4) is 0 Å². The van der Waals surface area contributed by atoms with Gasteiger partial charge in [-0.05, 0) is 6.92 Å². The number of hydrogen-bond donors (Lipinski definition) is 1. The summed E-state index contributed by atoms with van der Waals surface area (Å²) < 4.78 is 3.38. The number of carbonyl (C=O) groups excluding carboxylic acids is 2. The largest absolute Gasteiger partial charge is 0.332 e. The molecule has 1 atom stereocenters. The molecule has 2 aromatic heterocycles. The van der Waals surface area contributed by atoms with Crippen LogP contribution in [-0.2, 0) is 28.7 Å². The lowest BCUT2D eigenvalue weighted by Crippen LogP contribution is -2.44. The number of aldehydes is 1. The predicted octanol–water partition coefficient (Wildman–Crippen LogP) is -1.25. The molecular weight excluding hydrogens is 302 g/mol. The van der Waals surface area contributed by atoms with Crippen LogP contribution in [0, 0.1) is 0 Å². The van der Waals surface area contributed by atoms with Gasteiger partial charge in [0.25, 0.3) is 5.56 Å². The second-order valence-corrected chi connectivity index (χ2v) is 5.59. The van der Waals surface area contributed by atoms with E-state index in [-0.39, 0.29) is 36.5 Å². The lowest BCUT2D eigenvalue weighted by atomic mass is 10.1. The second kappa shape index (κ2) is 5.92. The van der Waals surface area contributed by atoms with Crippen LogP contribution < -0.4 is 17.0 Å². The summed E-state index contributed by atoms with van der Waals surface area (Å²) in [5, 5.41) is 0. The number of carbonyl (C=O) groups is 2. The maximum atomic E-state index is 12.7. The van der Waals surface area contributed by atoms with E-state index in [1.165, 1.54) is 22.5 Å². The van der Waals surface area contributed by atoms with E-state index in [1.807, 2.05) is 0 Å². The third kappa shape index (κ3) is 2.52. The van der Waals surface area contributed by atoms with Crippen molar-refractivity contribution in [3.63, 3.8) is 0 Å². The Morgan fingerprint density at radius 1 is 1.43 bits per heavy atom. The van der Waals surface area contributed by atoms with Crippen molar-refractivity contribution >= 4 is 23.2 Å². The number of imidazole rings is 1. The van der Waals surface area contributed by atoms with Crippen LogP contribution in [-0.4, -0.2) is 37.3 Å². The monoisotopic (exact) mass is 321 g/mol. The number of hydrogen-bond acceptors (Lipinski definition) is 6. The van der Waals surface area contributed by atoms with E-state index in [9.17, 15) is 19.2 Å². The number of aryl methyl sites for hydroxylation is 1. The molecule has 2 rings (SSSR count). The molecule has 2 heterocycles. The molecule has 0 unspecified atom stereocenters. The molecule has 0 radical (unpaired) electrons. The maximum absolute atomic E-state index is 12.7. The van der Waals surface area contributed by atoms with E-state index < -0.39 is 16.8 Å². The van der Waals surface area contributed by atoms with Gasteiger partial charge in [0.05, 0.1) is 12.9 Å². The van der Waals surface area contributed by atoms with Crippen molar-refractivity contribution in [1.29, 1.82) is 0 Å². The van der Waals surface area contributed by atoms with Crippen molar-refractivity contribution in [2.24, 2.45) is 12.8 Å². The fraction of sp³-hybridized carbons (Fsp3) is 0.500. The molecule has 0 bridgehead atoms. The molecule has 2 aromatic rings. The number of aromatic nitrogens is 4. The van der Waals surface area contributed by atoms with Gasteiger partial charge in [0.1, 0.15) is 11.8 Å². The molecule has 124 valence electrons. The van der Waals surface area contributed by atoms with E-state index in [2.05, 4.69) is 4.98 Å². The molecule has 0 spiro atoms. The topological polar surface area (TPSA) is 122 Å². The lowest BCUT2D eigenvalue weighted by Gasteiger charge is -2.23. The highest BCUT2D eigenvalue weighted by atomic mass is 16.2. The number of rotatable bonds is 6. The zero-order chi connectivity index (χ0) is 17.4. The summed E-state index contributed by atoms with van der Waals surface area (Å²) in [7, 11) is 1.45. The Bertz CT molecular complexity index is 891. The van der Waals surface area contributed by atoms with E-state index in [1.54, 1.807) is 13.8 Å². The summed E-state index contributed by atoms with van der Waals surface area (Å²) in [6.45, 7) is 2.85. The number of nitrogens with two attached hydrogens (primary N) is 1. The van der Waals surface area contributed by atoms with Crippen LogP contribution in [0.1, 0.15) is 20.3 Å². The van der Waals surface area contributed by atoms with Gasteiger partial charge in [-0.2, -0.15) is 0 Å². The van der Waals surface area contributed by atoms with Crippen LogP contribution >= 0.6 is 0 Å².